The lowest BCUT2D eigenvalue weighted by atomic mass is 9.66. The Bertz CT molecular complexity index is 197. The predicted molar refractivity (Wildman–Crippen MR) is 62.7 cm³/mol. The molecule has 2 fully saturated rings. The highest BCUT2D eigenvalue weighted by molar-refractivity contribution is 4.99. The molecule has 1 atom stereocenters. The molecule has 0 aromatic heterocycles. The van der Waals surface area contributed by atoms with Crippen LogP contribution in [0.3, 0.4) is 0 Å². The molecular formula is C13H25NO. The maximum Gasteiger partial charge on any atom is 0.0536 e. The van der Waals surface area contributed by atoms with Crippen molar-refractivity contribution in [1.29, 1.82) is 0 Å². The Labute approximate surface area is 93.6 Å². The van der Waals surface area contributed by atoms with Gasteiger partial charge in [0.1, 0.15) is 0 Å². The highest BCUT2D eigenvalue weighted by atomic mass is 16.5. The van der Waals surface area contributed by atoms with Crippen LogP contribution in [0.15, 0.2) is 0 Å². The van der Waals surface area contributed by atoms with E-state index in [1.54, 1.807) is 0 Å². The topological polar surface area (TPSA) is 35.2 Å². The monoisotopic (exact) mass is 211 g/mol. The van der Waals surface area contributed by atoms with Crippen molar-refractivity contribution < 1.29 is 4.74 Å². The maximum absolute atomic E-state index is 6.09. The van der Waals surface area contributed by atoms with Crippen molar-refractivity contribution in [3.8, 4) is 0 Å². The summed E-state index contributed by atoms with van der Waals surface area (Å²) < 4.78 is 5.47. The van der Waals surface area contributed by atoms with E-state index in [4.69, 9.17) is 10.5 Å². The van der Waals surface area contributed by atoms with Crippen LogP contribution in [0, 0.1) is 17.3 Å². The van der Waals surface area contributed by atoms with Crippen LogP contribution in [0.5, 0.6) is 0 Å². The van der Waals surface area contributed by atoms with Gasteiger partial charge in [-0.2, -0.15) is 0 Å². The molecule has 2 heteroatoms. The summed E-state index contributed by atoms with van der Waals surface area (Å²) in [4.78, 5) is 0. The van der Waals surface area contributed by atoms with E-state index in [0.29, 0.717) is 5.41 Å². The molecule has 2 rings (SSSR count). The van der Waals surface area contributed by atoms with E-state index < -0.39 is 0 Å². The molecule has 0 bridgehead atoms. The fourth-order valence-electron chi connectivity index (χ4n) is 3.57. The highest BCUT2D eigenvalue weighted by Gasteiger charge is 2.49. The standard InChI is InChI=1S/C13H25NO/c1-15-10-13(9-14,12-7-8-12)11-5-3-2-4-6-11/h11-12H,2-10,14H2,1H3. The van der Waals surface area contributed by atoms with Gasteiger partial charge >= 0.3 is 0 Å². The molecular weight excluding hydrogens is 186 g/mol. The normalized spacial score (nSPS) is 27.6. The van der Waals surface area contributed by atoms with Gasteiger partial charge in [0.05, 0.1) is 6.61 Å². The second-order valence-corrected chi connectivity index (χ2v) is 5.48. The van der Waals surface area contributed by atoms with Crippen LogP contribution in [0.1, 0.15) is 44.9 Å². The Morgan fingerprint density at radius 1 is 1.07 bits per heavy atom. The lowest BCUT2D eigenvalue weighted by Gasteiger charge is -2.42. The van der Waals surface area contributed by atoms with Crippen LogP contribution in [-0.2, 0) is 4.74 Å². The minimum atomic E-state index is 0.329. The summed E-state index contributed by atoms with van der Waals surface area (Å²) in [6, 6.07) is 0. The van der Waals surface area contributed by atoms with E-state index in [-0.39, 0.29) is 0 Å². The van der Waals surface area contributed by atoms with Gasteiger partial charge in [0.15, 0.2) is 0 Å². The molecule has 0 aromatic carbocycles. The first-order valence-corrected chi connectivity index (χ1v) is 6.52. The largest absolute Gasteiger partial charge is 0.384 e. The van der Waals surface area contributed by atoms with Gasteiger partial charge in [-0.15, -0.1) is 0 Å². The summed E-state index contributed by atoms with van der Waals surface area (Å²) in [6.07, 6.45) is 9.78. The molecule has 0 spiro atoms. The Morgan fingerprint density at radius 3 is 2.13 bits per heavy atom. The summed E-state index contributed by atoms with van der Waals surface area (Å²) in [5.41, 5.74) is 6.41. The molecule has 0 amide bonds. The van der Waals surface area contributed by atoms with E-state index in [2.05, 4.69) is 0 Å². The Kier molecular flexibility index (Phi) is 3.68. The van der Waals surface area contributed by atoms with Gasteiger partial charge in [0.2, 0.25) is 0 Å². The van der Waals surface area contributed by atoms with E-state index in [1.165, 1.54) is 44.9 Å². The molecule has 0 radical (unpaired) electrons. The van der Waals surface area contributed by atoms with Crippen molar-refractivity contribution in [3.63, 3.8) is 0 Å². The summed E-state index contributed by atoms with van der Waals surface area (Å²) in [6.45, 7) is 1.72. The predicted octanol–water partition coefficient (Wildman–Crippen LogP) is 2.57. The van der Waals surface area contributed by atoms with Crippen molar-refractivity contribution in [3.05, 3.63) is 0 Å². The average molecular weight is 211 g/mol. The number of ether oxygens (including phenoxy) is 1. The molecule has 2 N–H and O–H groups in total. The number of hydrogen-bond donors (Lipinski definition) is 1. The minimum Gasteiger partial charge on any atom is -0.384 e. The molecule has 15 heavy (non-hydrogen) atoms. The van der Waals surface area contributed by atoms with Gasteiger partial charge in [-0.3, -0.25) is 0 Å². The van der Waals surface area contributed by atoms with Crippen LogP contribution in [-0.4, -0.2) is 20.3 Å². The van der Waals surface area contributed by atoms with Crippen LogP contribution in [0.25, 0.3) is 0 Å². The van der Waals surface area contributed by atoms with Gasteiger partial charge in [-0.1, -0.05) is 19.3 Å². The van der Waals surface area contributed by atoms with Crippen molar-refractivity contribution in [2.24, 2.45) is 23.0 Å². The van der Waals surface area contributed by atoms with Crippen LogP contribution < -0.4 is 5.73 Å². The number of rotatable bonds is 5. The van der Waals surface area contributed by atoms with Crippen LogP contribution >= 0.6 is 0 Å². The molecule has 2 aliphatic rings. The zero-order valence-electron chi connectivity index (χ0n) is 10.0. The van der Waals surface area contributed by atoms with Gasteiger partial charge in [0, 0.05) is 19.1 Å². The molecule has 2 saturated carbocycles. The van der Waals surface area contributed by atoms with Gasteiger partial charge in [0.25, 0.3) is 0 Å². The van der Waals surface area contributed by atoms with Crippen molar-refractivity contribution in [2.75, 3.05) is 20.3 Å². The maximum atomic E-state index is 6.09. The highest BCUT2D eigenvalue weighted by Crippen LogP contribution is 2.53. The second-order valence-electron chi connectivity index (χ2n) is 5.48. The van der Waals surface area contributed by atoms with Crippen LogP contribution in [0.2, 0.25) is 0 Å². The zero-order valence-corrected chi connectivity index (χ0v) is 10.0. The lowest BCUT2D eigenvalue weighted by molar-refractivity contribution is 0.00406. The molecule has 0 aromatic rings. The first-order valence-electron chi connectivity index (χ1n) is 6.52. The van der Waals surface area contributed by atoms with E-state index in [9.17, 15) is 0 Å². The third-order valence-electron chi connectivity index (χ3n) is 4.60. The van der Waals surface area contributed by atoms with Gasteiger partial charge in [-0.25, -0.2) is 0 Å². The summed E-state index contributed by atoms with van der Waals surface area (Å²) >= 11 is 0. The Hall–Kier alpha value is -0.0800. The number of hydrogen-bond acceptors (Lipinski definition) is 2. The first-order chi connectivity index (χ1) is 7.33. The van der Waals surface area contributed by atoms with Crippen molar-refractivity contribution in [1.82, 2.24) is 0 Å². The first kappa shape index (κ1) is 11.4. The van der Waals surface area contributed by atoms with Gasteiger partial charge in [-0.05, 0) is 37.5 Å². The second kappa shape index (κ2) is 4.84. The zero-order chi connectivity index (χ0) is 10.7. The van der Waals surface area contributed by atoms with E-state index >= 15 is 0 Å². The molecule has 88 valence electrons. The lowest BCUT2D eigenvalue weighted by Crippen LogP contribution is -2.44. The van der Waals surface area contributed by atoms with E-state index in [1.807, 2.05) is 7.11 Å². The van der Waals surface area contributed by atoms with Crippen LogP contribution in [0.4, 0.5) is 0 Å². The quantitative estimate of drug-likeness (QED) is 0.758. The minimum absolute atomic E-state index is 0.329. The molecule has 0 saturated heterocycles. The number of nitrogens with two attached hydrogens (primary N) is 1. The van der Waals surface area contributed by atoms with E-state index in [0.717, 1.165) is 25.0 Å². The third kappa shape index (κ3) is 2.21. The van der Waals surface area contributed by atoms with Crippen molar-refractivity contribution in [2.45, 2.75) is 44.9 Å². The molecule has 1 unspecified atom stereocenters. The molecule has 2 nitrogen and oxygen atoms in total. The average Bonchev–Trinajstić information content (AvgIpc) is 3.11. The fraction of sp³-hybridized carbons (Fsp3) is 1.00. The summed E-state index contributed by atoms with van der Waals surface area (Å²) in [7, 11) is 1.83. The fourth-order valence-corrected chi connectivity index (χ4v) is 3.57. The molecule has 2 aliphatic carbocycles. The SMILES string of the molecule is COCC(CN)(C1CCCCC1)C1CC1. The smallest absolute Gasteiger partial charge is 0.0536 e. The van der Waals surface area contributed by atoms with Crippen molar-refractivity contribution >= 4 is 0 Å². The molecule has 0 aliphatic heterocycles. The van der Waals surface area contributed by atoms with Gasteiger partial charge < -0.3 is 10.5 Å². The Balaban J connectivity index is 2.07. The summed E-state index contributed by atoms with van der Waals surface area (Å²) in [5.74, 6) is 1.70. The molecule has 0 heterocycles. The Morgan fingerprint density at radius 2 is 1.67 bits per heavy atom. The number of methoxy groups -OCH3 is 1. The summed E-state index contributed by atoms with van der Waals surface area (Å²) in [5, 5.41) is 0. The third-order valence-corrected chi connectivity index (χ3v) is 4.60.